The number of hydrogen-bond acceptors (Lipinski definition) is 4. The van der Waals surface area contributed by atoms with Gasteiger partial charge in [0, 0.05) is 13.1 Å². The predicted molar refractivity (Wildman–Crippen MR) is 78.3 cm³/mol. The van der Waals surface area contributed by atoms with Crippen LogP contribution in [0.15, 0.2) is 24.3 Å². The molecule has 5 heteroatoms. The summed E-state index contributed by atoms with van der Waals surface area (Å²) in [6, 6.07) is 9.06. The summed E-state index contributed by atoms with van der Waals surface area (Å²) in [5, 5.41) is 8.75. The van der Waals surface area contributed by atoms with E-state index < -0.39 is 12.3 Å². The first-order chi connectivity index (χ1) is 9.84. The maximum Gasteiger partial charge on any atom is 0.320 e. The van der Waals surface area contributed by atoms with E-state index in [1.807, 2.05) is 6.07 Å². The molecule has 1 rings (SSSR count). The molecule has 0 saturated heterocycles. The van der Waals surface area contributed by atoms with Crippen LogP contribution in [-0.4, -0.2) is 36.2 Å². The molecular formula is C16H21FN2O2. The fourth-order valence-corrected chi connectivity index (χ4v) is 1.83. The summed E-state index contributed by atoms with van der Waals surface area (Å²) in [6.45, 7) is 5.51. The normalized spacial score (nSPS) is 11.2. The van der Waals surface area contributed by atoms with Gasteiger partial charge in [-0.1, -0.05) is 12.1 Å². The summed E-state index contributed by atoms with van der Waals surface area (Å²) in [5.41, 5.74) is 0.946. The van der Waals surface area contributed by atoms with Crippen molar-refractivity contribution in [3.63, 3.8) is 0 Å². The van der Waals surface area contributed by atoms with E-state index in [4.69, 9.17) is 10.00 Å². The molecule has 21 heavy (non-hydrogen) atoms. The van der Waals surface area contributed by atoms with E-state index >= 15 is 0 Å². The van der Waals surface area contributed by atoms with Crippen LogP contribution in [-0.2, 0) is 16.1 Å². The van der Waals surface area contributed by atoms with E-state index in [9.17, 15) is 9.18 Å². The Labute approximate surface area is 125 Å². The lowest BCUT2D eigenvalue weighted by molar-refractivity contribution is -0.156. The lowest BCUT2D eigenvalue weighted by atomic mass is 10.1. The zero-order chi connectivity index (χ0) is 15.9. The number of ether oxygens (including phenoxy) is 1. The molecule has 0 aliphatic rings. The van der Waals surface area contributed by atoms with Gasteiger partial charge < -0.3 is 4.74 Å². The van der Waals surface area contributed by atoms with Gasteiger partial charge in [0.25, 0.3) is 0 Å². The zero-order valence-electron chi connectivity index (χ0n) is 12.7. The fraction of sp³-hybridized carbons (Fsp3) is 0.500. The summed E-state index contributed by atoms with van der Waals surface area (Å²) in [6.07, 6.45) is 0. The van der Waals surface area contributed by atoms with Crippen LogP contribution in [0.1, 0.15) is 31.9 Å². The molecule has 114 valence electrons. The van der Waals surface area contributed by atoms with Crippen molar-refractivity contribution >= 4 is 5.97 Å². The second-order valence-corrected chi connectivity index (χ2v) is 5.79. The lowest BCUT2D eigenvalue weighted by Gasteiger charge is -2.24. The van der Waals surface area contributed by atoms with E-state index in [0.717, 1.165) is 5.56 Å². The maximum atomic E-state index is 12.6. The highest BCUT2D eigenvalue weighted by molar-refractivity contribution is 5.72. The number of hydrogen-bond donors (Lipinski definition) is 0. The minimum Gasteiger partial charge on any atom is -0.459 e. The average molecular weight is 292 g/mol. The van der Waals surface area contributed by atoms with Crippen molar-refractivity contribution in [1.29, 1.82) is 5.26 Å². The number of esters is 1. The number of alkyl halides is 1. The molecule has 1 aromatic carbocycles. The molecule has 0 aliphatic heterocycles. The highest BCUT2D eigenvalue weighted by atomic mass is 19.1. The number of nitriles is 1. The van der Waals surface area contributed by atoms with E-state index in [2.05, 4.69) is 0 Å². The number of halogens is 1. The van der Waals surface area contributed by atoms with Crippen LogP contribution in [0.4, 0.5) is 4.39 Å². The monoisotopic (exact) mass is 292 g/mol. The predicted octanol–water partition coefficient (Wildman–Crippen LogP) is 2.67. The molecule has 0 amide bonds. The minimum absolute atomic E-state index is 0.0428. The number of carbonyl (C=O) groups excluding carboxylic acids is 1. The molecule has 0 aliphatic carbocycles. The first-order valence-electron chi connectivity index (χ1n) is 6.83. The van der Waals surface area contributed by atoms with Crippen LogP contribution >= 0.6 is 0 Å². The second-order valence-electron chi connectivity index (χ2n) is 5.79. The van der Waals surface area contributed by atoms with Crippen molar-refractivity contribution in [1.82, 2.24) is 4.90 Å². The van der Waals surface area contributed by atoms with Crippen LogP contribution in [0.5, 0.6) is 0 Å². The standard InChI is InChI=1S/C16H21FN2O2/c1-16(2,3)21-15(20)12-19(9-8-17)11-14-6-4-13(10-18)5-7-14/h4-7H,8-9,11-12H2,1-3H3. The van der Waals surface area contributed by atoms with Gasteiger partial charge in [0.2, 0.25) is 0 Å². The summed E-state index contributed by atoms with van der Waals surface area (Å²) >= 11 is 0. The Bertz CT molecular complexity index is 500. The molecule has 0 fully saturated rings. The zero-order valence-corrected chi connectivity index (χ0v) is 12.7. The van der Waals surface area contributed by atoms with Crippen LogP contribution in [0.2, 0.25) is 0 Å². The summed E-state index contributed by atoms with van der Waals surface area (Å²) in [7, 11) is 0. The van der Waals surface area contributed by atoms with Gasteiger partial charge in [0.15, 0.2) is 0 Å². The Balaban J connectivity index is 2.64. The van der Waals surface area contributed by atoms with Crippen molar-refractivity contribution in [2.24, 2.45) is 0 Å². The fourth-order valence-electron chi connectivity index (χ4n) is 1.83. The third kappa shape index (κ3) is 6.87. The van der Waals surface area contributed by atoms with Gasteiger partial charge in [-0.15, -0.1) is 0 Å². The van der Waals surface area contributed by atoms with Crippen LogP contribution in [0, 0.1) is 11.3 Å². The first kappa shape index (κ1) is 17.1. The van der Waals surface area contributed by atoms with E-state index in [1.54, 1.807) is 49.9 Å². The third-order valence-corrected chi connectivity index (χ3v) is 2.66. The van der Waals surface area contributed by atoms with Gasteiger partial charge in [0.1, 0.15) is 12.3 Å². The Hall–Kier alpha value is -1.93. The van der Waals surface area contributed by atoms with Crippen LogP contribution in [0.25, 0.3) is 0 Å². The molecule has 0 saturated carbocycles. The number of nitrogens with zero attached hydrogens (tertiary/aromatic N) is 2. The van der Waals surface area contributed by atoms with Gasteiger partial charge in [-0.3, -0.25) is 9.69 Å². The quantitative estimate of drug-likeness (QED) is 0.756. The molecule has 0 N–H and O–H groups in total. The van der Waals surface area contributed by atoms with E-state index in [-0.39, 0.29) is 19.1 Å². The van der Waals surface area contributed by atoms with E-state index in [1.165, 1.54) is 0 Å². The SMILES string of the molecule is CC(C)(C)OC(=O)CN(CCF)Cc1ccc(C#N)cc1. The van der Waals surface area contributed by atoms with Gasteiger partial charge >= 0.3 is 5.97 Å². The van der Waals surface area contributed by atoms with Gasteiger partial charge in [-0.25, -0.2) is 4.39 Å². The summed E-state index contributed by atoms with van der Waals surface area (Å²) < 4.78 is 17.9. The van der Waals surface area contributed by atoms with Crippen molar-refractivity contribution in [2.75, 3.05) is 19.8 Å². The average Bonchev–Trinajstić information content (AvgIpc) is 2.37. The maximum absolute atomic E-state index is 12.6. The molecule has 0 heterocycles. The van der Waals surface area contributed by atoms with Crippen molar-refractivity contribution < 1.29 is 13.9 Å². The van der Waals surface area contributed by atoms with Crippen LogP contribution in [0.3, 0.4) is 0 Å². The highest BCUT2D eigenvalue weighted by Gasteiger charge is 2.19. The first-order valence-corrected chi connectivity index (χ1v) is 6.83. The number of rotatable bonds is 6. The smallest absolute Gasteiger partial charge is 0.320 e. The molecular weight excluding hydrogens is 271 g/mol. The lowest BCUT2D eigenvalue weighted by Crippen LogP contribution is -2.35. The second kappa shape index (κ2) is 7.75. The Morgan fingerprint density at radius 1 is 1.33 bits per heavy atom. The molecule has 0 radical (unpaired) electrons. The minimum atomic E-state index is -0.549. The molecule has 0 bridgehead atoms. The summed E-state index contributed by atoms with van der Waals surface area (Å²) in [4.78, 5) is 13.5. The largest absolute Gasteiger partial charge is 0.459 e. The van der Waals surface area contributed by atoms with Gasteiger partial charge in [-0.2, -0.15) is 5.26 Å². The Kier molecular flexibility index (Phi) is 6.32. The number of carbonyl (C=O) groups is 1. The van der Waals surface area contributed by atoms with Crippen LogP contribution < -0.4 is 0 Å². The molecule has 0 atom stereocenters. The molecule has 0 spiro atoms. The van der Waals surface area contributed by atoms with Gasteiger partial charge in [-0.05, 0) is 38.5 Å². The Morgan fingerprint density at radius 3 is 2.43 bits per heavy atom. The highest BCUT2D eigenvalue weighted by Crippen LogP contribution is 2.10. The molecule has 1 aromatic rings. The molecule has 0 aromatic heterocycles. The third-order valence-electron chi connectivity index (χ3n) is 2.66. The van der Waals surface area contributed by atoms with Crippen molar-refractivity contribution in [3.8, 4) is 6.07 Å². The molecule has 4 nitrogen and oxygen atoms in total. The Morgan fingerprint density at radius 2 is 1.95 bits per heavy atom. The van der Waals surface area contributed by atoms with E-state index in [0.29, 0.717) is 12.1 Å². The molecule has 0 unspecified atom stereocenters. The van der Waals surface area contributed by atoms with Gasteiger partial charge in [0.05, 0.1) is 18.2 Å². The number of benzene rings is 1. The van der Waals surface area contributed by atoms with Crippen molar-refractivity contribution in [2.45, 2.75) is 32.9 Å². The topological polar surface area (TPSA) is 53.3 Å². The van der Waals surface area contributed by atoms with Crippen molar-refractivity contribution in [3.05, 3.63) is 35.4 Å². The summed E-state index contributed by atoms with van der Waals surface area (Å²) in [5.74, 6) is -0.371.